The average Bonchev–Trinajstić information content (AvgIpc) is 2.74. The number of rotatable bonds is 4. The summed E-state index contributed by atoms with van der Waals surface area (Å²) in [4.78, 5) is 26.8. The van der Waals surface area contributed by atoms with Gasteiger partial charge in [0, 0.05) is 6.20 Å². The molecule has 0 radical (unpaired) electrons. The summed E-state index contributed by atoms with van der Waals surface area (Å²) in [5, 5.41) is 10.9. The van der Waals surface area contributed by atoms with E-state index < -0.39 is 18.4 Å². The van der Waals surface area contributed by atoms with E-state index in [1.807, 2.05) is 13.0 Å². The Balaban J connectivity index is 2.41. The number of aryl methyl sites for hydroxylation is 1. The van der Waals surface area contributed by atoms with Gasteiger partial charge in [0.15, 0.2) is 0 Å². The molecule has 0 saturated carbocycles. The van der Waals surface area contributed by atoms with Gasteiger partial charge in [-0.2, -0.15) is 0 Å². The molecule has 2 rings (SSSR count). The summed E-state index contributed by atoms with van der Waals surface area (Å²) in [6.45, 7) is 1.50. The highest BCUT2D eigenvalue weighted by Crippen LogP contribution is 2.13. The lowest BCUT2D eigenvalue weighted by Crippen LogP contribution is -2.30. The number of pyridine rings is 1. The predicted octanol–water partition coefficient (Wildman–Crippen LogP) is 0.711. The highest BCUT2D eigenvalue weighted by molar-refractivity contribution is 5.96. The largest absolute Gasteiger partial charge is 0.480 e. The van der Waals surface area contributed by atoms with Crippen LogP contribution < -0.4 is 5.32 Å². The Kier molecular flexibility index (Phi) is 3.27. The number of nitrogens with one attached hydrogen (secondary N) is 1. The second-order valence-corrected chi connectivity index (χ2v) is 3.77. The first-order valence-electron chi connectivity index (χ1n) is 5.59. The van der Waals surface area contributed by atoms with E-state index in [0.29, 0.717) is 23.5 Å². The van der Waals surface area contributed by atoms with Crippen LogP contribution in [-0.2, 0) is 11.2 Å². The van der Waals surface area contributed by atoms with Gasteiger partial charge in [-0.1, -0.05) is 13.0 Å². The summed E-state index contributed by atoms with van der Waals surface area (Å²) in [5.74, 6) is -1.50. The minimum Gasteiger partial charge on any atom is -0.480 e. The van der Waals surface area contributed by atoms with Crippen molar-refractivity contribution in [2.45, 2.75) is 13.3 Å². The molecule has 18 heavy (non-hydrogen) atoms. The SMILES string of the molecule is CCc1nc2ccccn2c1C(=O)NCC(=O)O. The van der Waals surface area contributed by atoms with Gasteiger partial charge in [-0.25, -0.2) is 4.98 Å². The van der Waals surface area contributed by atoms with Gasteiger partial charge in [-0.05, 0) is 18.6 Å². The molecule has 0 unspecified atom stereocenters. The number of hydrogen-bond acceptors (Lipinski definition) is 3. The van der Waals surface area contributed by atoms with Gasteiger partial charge in [0.2, 0.25) is 0 Å². The van der Waals surface area contributed by atoms with Crippen LogP contribution >= 0.6 is 0 Å². The minimum absolute atomic E-state index is 0.398. The molecule has 2 heterocycles. The third-order valence-electron chi connectivity index (χ3n) is 2.55. The number of carbonyl (C=O) groups is 2. The van der Waals surface area contributed by atoms with Crippen molar-refractivity contribution < 1.29 is 14.7 Å². The number of fused-ring (bicyclic) bond motifs is 1. The lowest BCUT2D eigenvalue weighted by Gasteiger charge is -2.04. The quantitative estimate of drug-likeness (QED) is 0.833. The van der Waals surface area contributed by atoms with E-state index in [4.69, 9.17) is 5.11 Å². The first kappa shape index (κ1) is 12.1. The molecular weight excluding hydrogens is 234 g/mol. The molecule has 1 amide bonds. The summed E-state index contributed by atoms with van der Waals surface area (Å²) in [6, 6.07) is 5.43. The maximum absolute atomic E-state index is 12.0. The van der Waals surface area contributed by atoms with E-state index >= 15 is 0 Å². The van der Waals surface area contributed by atoms with Crippen molar-refractivity contribution in [3.8, 4) is 0 Å². The van der Waals surface area contributed by atoms with Gasteiger partial charge in [0.05, 0.1) is 5.69 Å². The fourth-order valence-electron chi connectivity index (χ4n) is 1.77. The molecule has 0 atom stereocenters. The third-order valence-corrected chi connectivity index (χ3v) is 2.55. The van der Waals surface area contributed by atoms with Gasteiger partial charge in [-0.3, -0.25) is 14.0 Å². The Morgan fingerprint density at radius 2 is 2.22 bits per heavy atom. The van der Waals surface area contributed by atoms with Crippen molar-refractivity contribution in [2.75, 3.05) is 6.54 Å². The maximum atomic E-state index is 12.0. The smallest absolute Gasteiger partial charge is 0.322 e. The van der Waals surface area contributed by atoms with Gasteiger partial charge in [0.25, 0.3) is 5.91 Å². The summed E-state index contributed by atoms with van der Waals surface area (Å²) in [7, 11) is 0. The van der Waals surface area contributed by atoms with E-state index in [9.17, 15) is 9.59 Å². The summed E-state index contributed by atoms with van der Waals surface area (Å²) in [5.41, 5.74) is 1.73. The van der Waals surface area contributed by atoms with Crippen LogP contribution in [0.3, 0.4) is 0 Å². The second-order valence-electron chi connectivity index (χ2n) is 3.77. The van der Waals surface area contributed by atoms with Gasteiger partial charge >= 0.3 is 5.97 Å². The van der Waals surface area contributed by atoms with Crippen molar-refractivity contribution in [1.29, 1.82) is 0 Å². The number of nitrogens with zero attached hydrogens (tertiary/aromatic N) is 2. The molecule has 0 spiro atoms. The zero-order valence-corrected chi connectivity index (χ0v) is 9.88. The van der Waals surface area contributed by atoms with Crippen molar-refractivity contribution in [2.24, 2.45) is 0 Å². The van der Waals surface area contributed by atoms with Crippen LogP contribution in [0.1, 0.15) is 23.1 Å². The molecule has 6 heteroatoms. The monoisotopic (exact) mass is 247 g/mol. The van der Waals surface area contributed by atoms with Crippen LogP contribution in [0.5, 0.6) is 0 Å². The molecule has 94 valence electrons. The van der Waals surface area contributed by atoms with Crippen molar-refractivity contribution in [1.82, 2.24) is 14.7 Å². The lowest BCUT2D eigenvalue weighted by atomic mass is 10.2. The molecule has 0 bridgehead atoms. The first-order chi connectivity index (χ1) is 8.63. The topological polar surface area (TPSA) is 83.7 Å². The summed E-state index contributed by atoms with van der Waals surface area (Å²) >= 11 is 0. The van der Waals surface area contributed by atoms with Crippen molar-refractivity contribution in [3.63, 3.8) is 0 Å². The predicted molar refractivity (Wildman–Crippen MR) is 64.5 cm³/mol. The highest BCUT2D eigenvalue weighted by Gasteiger charge is 2.18. The van der Waals surface area contributed by atoms with Crippen LogP contribution in [0.4, 0.5) is 0 Å². The molecule has 2 N–H and O–H groups in total. The number of amides is 1. The van der Waals surface area contributed by atoms with Crippen molar-refractivity contribution in [3.05, 3.63) is 35.8 Å². The van der Waals surface area contributed by atoms with E-state index in [0.717, 1.165) is 0 Å². The molecule has 2 aromatic heterocycles. The van der Waals surface area contributed by atoms with E-state index in [1.165, 1.54) is 0 Å². The van der Waals surface area contributed by atoms with Crippen LogP contribution in [-0.4, -0.2) is 32.9 Å². The fourth-order valence-corrected chi connectivity index (χ4v) is 1.77. The number of hydrogen-bond donors (Lipinski definition) is 2. The summed E-state index contributed by atoms with van der Waals surface area (Å²) in [6.07, 6.45) is 2.34. The normalized spacial score (nSPS) is 10.5. The van der Waals surface area contributed by atoms with Gasteiger partial charge in [0.1, 0.15) is 17.9 Å². The van der Waals surface area contributed by atoms with E-state index in [1.54, 1.807) is 22.7 Å². The third kappa shape index (κ3) is 2.17. The van der Waals surface area contributed by atoms with E-state index in [-0.39, 0.29) is 0 Å². The number of carbonyl (C=O) groups excluding carboxylic acids is 1. The number of aromatic nitrogens is 2. The zero-order chi connectivity index (χ0) is 13.1. The van der Waals surface area contributed by atoms with Gasteiger partial charge in [-0.15, -0.1) is 0 Å². The molecule has 0 aliphatic rings. The van der Waals surface area contributed by atoms with E-state index in [2.05, 4.69) is 10.3 Å². The Hall–Kier alpha value is -2.37. The Morgan fingerprint density at radius 3 is 2.89 bits per heavy atom. The Morgan fingerprint density at radius 1 is 1.44 bits per heavy atom. The summed E-state index contributed by atoms with van der Waals surface area (Å²) < 4.78 is 1.66. The molecule has 0 saturated heterocycles. The lowest BCUT2D eigenvalue weighted by molar-refractivity contribution is -0.135. The molecule has 2 aromatic rings. The van der Waals surface area contributed by atoms with Crippen LogP contribution in [0.15, 0.2) is 24.4 Å². The molecule has 0 aliphatic carbocycles. The minimum atomic E-state index is -1.07. The number of carboxylic acids is 1. The van der Waals surface area contributed by atoms with Crippen molar-refractivity contribution >= 4 is 17.5 Å². The second kappa shape index (κ2) is 4.87. The van der Waals surface area contributed by atoms with Gasteiger partial charge < -0.3 is 10.4 Å². The fraction of sp³-hybridized carbons (Fsp3) is 0.250. The molecule has 6 nitrogen and oxygen atoms in total. The molecule has 0 aromatic carbocycles. The molecule has 0 fully saturated rings. The number of carboxylic acid groups (broad SMARTS) is 1. The average molecular weight is 247 g/mol. The maximum Gasteiger partial charge on any atom is 0.322 e. The Bertz CT molecular complexity index is 604. The number of aliphatic carboxylic acids is 1. The Labute approximate surface area is 103 Å². The van der Waals surface area contributed by atoms with Crippen LogP contribution in [0.2, 0.25) is 0 Å². The van der Waals surface area contributed by atoms with Crippen LogP contribution in [0, 0.1) is 0 Å². The first-order valence-corrected chi connectivity index (χ1v) is 5.59. The zero-order valence-electron chi connectivity index (χ0n) is 9.88. The highest BCUT2D eigenvalue weighted by atomic mass is 16.4. The van der Waals surface area contributed by atoms with Crippen LogP contribution in [0.25, 0.3) is 5.65 Å². The molecule has 0 aliphatic heterocycles. The number of imidazole rings is 1. The standard InChI is InChI=1S/C12H13N3O3/c1-2-8-11(12(18)13-7-10(16)17)15-6-4-3-5-9(15)14-8/h3-6H,2,7H2,1H3,(H,13,18)(H,16,17). The molecular formula is C12H13N3O3.